The summed E-state index contributed by atoms with van der Waals surface area (Å²) in [6.45, 7) is 9.73. The average Bonchev–Trinajstić information content (AvgIpc) is 3.48. The van der Waals surface area contributed by atoms with Gasteiger partial charge < -0.3 is 10.2 Å². The van der Waals surface area contributed by atoms with Gasteiger partial charge in [0.2, 0.25) is 5.91 Å². The zero-order chi connectivity index (χ0) is 29.4. The second kappa shape index (κ2) is 11.2. The zero-order valence-electron chi connectivity index (χ0n) is 23.5. The predicted molar refractivity (Wildman–Crippen MR) is 149 cm³/mol. The maximum Gasteiger partial charge on any atom is 0.293 e. The highest BCUT2D eigenvalue weighted by atomic mass is 32.2. The molecule has 1 N–H and O–H groups in total. The third-order valence-electron chi connectivity index (χ3n) is 7.42. The van der Waals surface area contributed by atoms with E-state index in [-0.39, 0.29) is 29.9 Å². The second-order valence-electron chi connectivity index (χ2n) is 11.9. The van der Waals surface area contributed by atoms with Gasteiger partial charge in [-0.15, -0.1) is 0 Å². The van der Waals surface area contributed by atoms with E-state index >= 15 is 0 Å². The molecule has 2 aliphatic rings. The lowest BCUT2D eigenvalue weighted by molar-refractivity contribution is -0.138. The third kappa shape index (κ3) is 5.85. The van der Waals surface area contributed by atoms with Crippen molar-refractivity contribution in [2.24, 2.45) is 5.92 Å². The Morgan fingerprint density at radius 1 is 1.07 bits per heavy atom. The molecule has 40 heavy (non-hydrogen) atoms. The highest BCUT2D eigenvalue weighted by molar-refractivity contribution is 8.04. The molecule has 214 valence electrons. The Morgan fingerprint density at radius 3 is 2.33 bits per heavy atom. The first kappa shape index (κ1) is 29.5. The summed E-state index contributed by atoms with van der Waals surface area (Å²) in [7, 11) is -4.51. The molecule has 3 heterocycles. The third-order valence-corrected chi connectivity index (χ3v) is 9.15. The first-order valence-electron chi connectivity index (χ1n) is 13.4. The molecule has 3 atom stereocenters. The van der Waals surface area contributed by atoms with Crippen molar-refractivity contribution in [1.29, 1.82) is 0 Å². The van der Waals surface area contributed by atoms with Crippen molar-refractivity contribution >= 4 is 32.7 Å². The summed E-state index contributed by atoms with van der Waals surface area (Å²) in [4.78, 5) is 57.9. The van der Waals surface area contributed by atoms with Crippen LogP contribution in [-0.2, 0) is 25.0 Å². The van der Waals surface area contributed by atoms with Gasteiger partial charge in [-0.3, -0.25) is 24.2 Å². The van der Waals surface area contributed by atoms with Crippen LogP contribution >= 0.6 is 0 Å². The summed E-state index contributed by atoms with van der Waals surface area (Å²) in [6.07, 6.45) is 3.13. The lowest BCUT2D eigenvalue weighted by atomic mass is 9.86. The summed E-state index contributed by atoms with van der Waals surface area (Å²) in [5.74, 6) is -1.23. The topological polar surface area (TPSA) is 134 Å². The van der Waals surface area contributed by atoms with Crippen LogP contribution in [0.4, 0.5) is 0 Å². The fourth-order valence-corrected chi connectivity index (χ4v) is 6.84. The number of carbonyl (C=O) groups excluding carboxylic acids is 4. The number of amides is 2. The number of hydrogen-bond acceptors (Lipinski definition) is 7. The Balaban J connectivity index is 1.52. The number of ketones is 1. The largest absolute Gasteiger partial charge is 0.340 e. The molecule has 0 radical (unpaired) electrons. The van der Waals surface area contributed by atoms with Crippen molar-refractivity contribution in [3.8, 4) is 0 Å². The van der Waals surface area contributed by atoms with Crippen LogP contribution in [-0.4, -0.2) is 76.5 Å². The molecular formula is C29H36N4O6S. The van der Waals surface area contributed by atoms with Crippen molar-refractivity contribution in [2.45, 2.75) is 71.0 Å². The number of benzene rings is 1. The average molecular weight is 569 g/mol. The molecule has 0 spiro atoms. The normalized spacial score (nSPS) is 20.4. The molecule has 2 fully saturated rings. The first-order chi connectivity index (χ1) is 18.7. The van der Waals surface area contributed by atoms with Crippen LogP contribution in [0.25, 0.3) is 0 Å². The lowest BCUT2D eigenvalue weighted by Gasteiger charge is -2.29. The minimum absolute atomic E-state index is 0.0594. The number of Topliss-reactive ketones (excluding diaryl/α,β-unsaturated/α-hetero) is 1. The lowest BCUT2D eigenvalue weighted by Crippen LogP contribution is -2.53. The smallest absolute Gasteiger partial charge is 0.293 e. The number of carbonyl (C=O) groups is 4. The van der Waals surface area contributed by atoms with E-state index in [2.05, 4.69) is 31.1 Å². The van der Waals surface area contributed by atoms with Crippen LogP contribution < -0.4 is 5.32 Å². The Hall–Kier alpha value is -3.44. The van der Waals surface area contributed by atoms with Gasteiger partial charge in [0, 0.05) is 24.5 Å². The minimum Gasteiger partial charge on any atom is -0.340 e. The van der Waals surface area contributed by atoms with E-state index in [4.69, 9.17) is 0 Å². The summed E-state index contributed by atoms with van der Waals surface area (Å²) >= 11 is 0. The van der Waals surface area contributed by atoms with Gasteiger partial charge in [-0.05, 0) is 54.0 Å². The molecule has 10 nitrogen and oxygen atoms in total. The summed E-state index contributed by atoms with van der Waals surface area (Å²) in [5.41, 5.74) is 1.31. The second-order valence-corrected chi connectivity index (χ2v) is 13.7. The molecule has 1 aromatic carbocycles. The van der Waals surface area contributed by atoms with Gasteiger partial charge in [-0.1, -0.05) is 46.8 Å². The fraction of sp³-hybridized carbons (Fsp3) is 0.483. The molecule has 2 saturated heterocycles. The Bertz CT molecular complexity index is 1400. The highest BCUT2D eigenvalue weighted by Gasteiger charge is 2.55. The van der Waals surface area contributed by atoms with E-state index in [1.54, 1.807) is 12.1 Å². The number of hydrogen-bond donors (Lipinski definition) is 1. The minimum atomic E-state index is -4.51. The Morgan fingerprint density at radius 2 is 1.75 bits per heavy atom. The predicted octanol–water partition coefficient (Wildman–Crippen LogP) is 2.55. The molecule has 2 amide bonds. The first-order valence-corrected chi connectivity index (χ1v) is 14.9. The SMILES string of the molecule is CC(C)CC(NC(=O)c1ccc(C(C)(C)C)cc1)C(=O)N1CCC2C1C(=O)CN2S(=O)(=O)C(=O)c1cccnc1. The highest BCUT2D eigenvalue weighted by Crippen LogP contribution is 2.33. The summed E-state index contributed by atoms with van der Waals surface area (Å²) < 4.78 is 27.3. The monoisotopic (exact) mass is 568 g/mol. The molecule has 4 rings (SSSR count). The van der Waals surface area contributed by atoms with Crippen molar-refractivity contribution < 1.29 is 27.6 Å². The van der Waals surface area contributed by atoms with Gasteiger partial charge >= 0.3 is 0 Å². The van der Waals surface area contributed by atoms with Gasteiger partial charge in [0.15, 0.2) is 5.78 Å². The number of rotatable bonds is 7. The number of aromatic nitrogens is 1. The molecule has 11 heteroatoms. The van der Waals surface area contributed by atoms with E-state index in [9.17, 15) is 27.6 Å². The molecule has 0 aliphatic carbocycles. The van der Waals surface area contributed by atoms with Crippen molar-refractivity contribution in [3.05, 3.63) is 65.5 Å². The standard InChI is InChI=1S/C29H36N4O6S/c1-18(2)15-22(31-26(35)19-8-10-21(11-9-19)29(3,4)5)27(36)32-14-12-23-25(32)24(34)17-33(23)40(38,39)28(37)20-7-6-13-30-16-20/h6-11,13,16,18,22-23,25H,12,14-15,17H2,1-5H3,(H,31,35). The fourth-order valence-electron chi connectivity index (χ4n) is 5.34. The maximum atomic E-state index is 13.7. The summed E-state index contributed by atoms with van der Waals surface area (Å²) in [6, 6.07) is 7.27. The van der Waals surface area contributed by atoms with Crippen LogP contribution in [0.5, 0.6) is 0 Å². The van der Waals surface area contributed by atoms with Gasteiger partial charge in [0.05, 0.1) is 18.2 Å². The van der Waals surface area contributed by atoms with E-state index < -0.39 is 57.4 Å². The number of nitrogens with zero attached hydrogens (tertiary/aromatic N) is 3. The molecule has 1 aromatic heterocycles. The zero-order valence-corrected chi connectivity index (χ0v) is 24.3. The van der Waals surface area contributed by atoms with E-state index in [1.807, 2.05) is 26.0 Å². The number of pyridine rings is 1. The van der Waals surface area contributed by atoms with Gasteiger partial charge in [0.1, 0.15) is 12.1 Å². The van der Waals surface area contributed by atoms with E-state index in [0.717, 1.165) is 16.1 Å². The maximum absolute atomic E-state index is 13.7. The Labute approximate surface area is 235 Å². The molecule has 0 bridgehead atoms. The van der Waals surface area contributed by atoms with Gasteiger partial charge in [-0.25, -0.2) is 8.42 Å². The van der Waals surface area contributed by atoms with Crippen LogP contribution in [0.1, 0.15) is 73.7 Å². The number of sulfonamides is 1. The van der Waals surface area contributed by atoms with Crippen LogP contribution in [0.15, 0.2) is 48.8 Å². The van der Waals surface area contributed by atoms with Gasteiger partial charge in [-0.2, -0.15) is 4.31 Å². The Kier molecular flexibility index (Phi) is 8.28. The molecule has 2 aliphatic heterocycles. The van der Waals surface area contributed by atoms with E-state index in [0.29, 0.717) is 12.0 Å². The number of fused-ring (bicyclic) bond motifs is 1. The number of nitrogens with one attached hydrogen (secondary N) is 1. The summed E-state index contributed by atoms with van der Waals surface area (Å²) in [5, 5.41) is 1.70. The number of likely N-dealkylation sites (tertiary alicyclic amines) is 1. The van der Waals surface area contributed by atoms with Gasteiger partial charge in [0.25, 0.3) is 21.0 Å². The van der Waals surface area contributed by atoms with Crippen LogP contribution in [0, 0.1) is 5.92 Å². The van der Waals surface area contributed by atoms with E-state index in [1.165, 1.54) is 23.2 Å². The quantitative estimate of drug-likeness (QED) is 0.543. The van der Waals surface area contributed by atoms with Crippen LogP contribution in [0.2, 0.25) is 0 Å². The molecule has 2 aromatic rings. The van der Waals surface area contributed by atoms with Crippen molar-refractivity contribution in [2.75, 3.05) is 13.1 Å². The van der Waals surface area contributed by atoms with Crippen molar-refractivity contribution in [3.63, 3.8) is 0 Å². The molecular weight excluding hydrogens is 532 g/mol. The molecule has 3 unspecified atom stereocenters. The van der Waals surface area contributed by atoms with Crippen molar-refractivity contribution in [1.82, 2.24) is 19.5 Å². The molecule has 0 saturated carbocycles. The van der Waals surface area contributed by atoms with Crippen LogP contribution in [0.3, 0.4) is 0 Å².